The van der Waals surface area contributed by atoms with Gasteiger partial charge in [-0.15, -0.1) is 5.10 Å². The van der Waals surface area contributed by atoms with Gasteiger partial charge in [-0.05, 0) is 34.7 Å². The number of hydrogen-bond donors (Lipinski definition) is 5. The van der Waals surface area contributed by atoms with Crippen molar-refractivity contribution in [2.45, 2.75) is 11.3 Å². The number of tetrazole rings is 1. The summed E-state index contributed by atoms with van der Waals surface area (Å²) in [6.45, 7) is 0.167. The lowest BCUT2D eigenvalue weighted by Gasteiger charge is -2.25. The van der Waals surface area contributed by atoms with Gasteiger partial charge in [0, 0.05) is 30.2 Å². The highest BCUT2D eigenvalue weighted by Crippen LogP contribution is 2.32. The molecule has 0 unspecified atom stereocenters. The minimum atomic E-state index is -4.02. The van der Waals surface area contributed by atoms with Crippen LogP contribution < -0.4 is 21.6 Å². The zero-order valence-electron chi connectivity index (χ0n) is 20.4. The third-order valence-electron chi connectivity index (χ3n) is 5.60. The molecule has 0 fully saturated rings. The summed E-state index contributed by atoms with van der Waals surface area (Å²) in [5, 5.41) is 28.7. The van der Waals surface area contributed by atoms with Gasteiger partial charge in [-0.3, -0.25) is 10.8 Å². The summed E-state index contributed by atoms with van der Waals surface area (Å²) < 4.78 is 25.9. The predicted octanol–water partition coefficient (Wildman–Crippen LogP) is 1.91. The smallest absolute Gasteiger partial charge is 0.340 e. The maximum absolute atomic E-state index is 13.5. The number of anilines is 2. The first kappa shape index (κ1) is 26.2. The Balaban J connectivity index is 1.65. The van der Waals surface area contributed by atoms with E-state index in [1.807, 2.05) is 0 Å². The van der Waals surface area contributed by atoms with Crippen molar-refractivity contribution in [3.8, 4) is 11.1 Å². The number of aryl methyl sites for hydroxylation is 1. The standard InChI is InChI=1S/C24H26N10O3S/c1-33-22(29-31-32-33)13-14-34(30-17-8-6-7-16(15-17)23(25)26)24(35)28-20-11-4-2-9-18(20)19-10-3-5-12-21(19)38(27,36)37/h2-12,15,30H,13-14H2,1H3,(H3,25,26)(H,28,35)(H2,27,36,37). The zero-order valence-corrected chi connectivity index (χ0v) is 21.2. The van der Waals surface area contributed by atoms with Gasteiger partial charge in [0.15, 0.2) is 5.82 Å². The summed E-state index contributed by atoms with van der Waals surface area (Å²) in [4.78, 5) is 13.5. The van der Waals surface area contributed by atoms with Gasteiger partial charge in [0.25, 0.3) is 0 Å². The van der Waals surface area contributed by atoms with Crippen molar-refractivity contribution in [3.05, 3.63) is 84.2 Å². The van der Waals surface area contributed by atoms with Crippen LogP contribution in [0.5, 0.6) is 0 Å². The highest BCUT2D eigenvalue weighted by Gasteiger charge is 2.20. The van der Waals surface area contributed by atoms with E-state index in [4.69, 9.17) is 16.3 Å². The molecule has 3 aromatic carbocycles. The van der Waals surface area contributed by atoms with Gasteiger partial charge in [-0.25, -0.2) is 28.0 Å². The van der Waals surface area contributed by atoms with Gasteiger partial charge in [0.1, 0.15) is 5.84 Å². The van der Waals surface area contributed by atoms with E-state index in [0.29, 0.717) is 40.3 Å². The van der Waals surface area contributed by atoms with Crippen molar-refractivity contribution in [1.82, 2.24) is 25.2 Å². The van der Waals surface area contributed by atoms with Crippen molar-refractivity contribution in [2.75, 3.05) is 17.3 Å². The number of hydrogen-bond acceptors (Lipinski definition) is 8. The first-order chi connectivity index (χ1) is 18.1. The second-order valence-electron chi connectivity index (χ2n) is 8.24. The molecule has 13 nitrogen and oxygen atoms in total. The van der Waals surface area contributed by atoms with E-state index in [-0.39, 0.29) is 17.3 Å². The van der Waals surface area contributed by atoms with Gasteiger partial charge in [-0.1, -0.05) is 48.5 Å². The number of carbonyl (C=O) groups excluding carboxylic acids is 1. The summed E-state index contributed by atoms with van der Waals surface area (Å²) in [7, 11) is -2.32. The van der Waals surface area contributed by atoms with Crippen LogP contribution in [-0.4, -0.2) is 52.0 Å². The van der Waals surface area contributed by atoms with Crippen LogP contribution in [0.3, 0.4) is 0 Å². The summed E-state index contributed by atoms with van der Waals surface area (Å²) in [5.74, 6) is 0.446. The lowest BCUT2D eigenvalue weighted by Crippen LogP contribution is -2.41. The van der Waals surface area contributed by atoms with Crippen molar-refractivity contribution >= 4 is 33.3 Å². The first-order valence-electron chi connectivity index (χ1n) is 11.4. The van der Waals surface area contributed by atoms with Gasteiger partial charge < -0.3 is 11.1 Å². The number of carbonyl (C=O) groups is 1. The minimum absolute atomic E-state index is 0.0625. The number of benzene rings is 3. The molecule has 7 N–H and O–H groups in total. The van der Waals surface area contributed by atoms with Crippen molar-refractivity contribution in [3.63, 3.8) is 0 Å². The second kappa shape index (κ2) is 11.1. The fraction of sp³-hybridized carbons (Fsp3) is 0.125. The van der Waals surface area contributed by atoms with E-state index in [0.717, 1.165) is 0 Å². The first-order valence-corrected chi connectivity index (χ1v) is 12.9. The van der Waals surface area contributed by atoms with E-state index < -0.39 is 16.1 Å². The van der Waals surface area contributed by atoms with Crippen LogP contribution in [0.1, 0.15) is 11.4 Å². The van der Waals surface area contributed by atoms with Crippen molar-refractivity contribution in [1.29, 1.82) is 5.41 Å². The van der Waals surface area contributed by atoms with E-state index >= 15 is 0 Å². The monoisotopic (exact) mass is 534 g/mol. The van der Waals surface area contributed by atoms with Gasteiger partial charge >= 0.3 is 6.03 Å². The number of sulfonamides is 1. The summed E-state index contributed by atoms with van der Waals surface area (Å²) >= 11 is 0. The number of nitrogen functional groups attached to an aromatic ring is 1. The molecule has 1 aromatic heterocycles. The van der Waals surface area contributed by atoms with Crippen molar-refractivity contribution < 1.29 is 13.2 Å². The van der Waals surface area contributed by atoms with E-state index in [9.17, 15) is 13.2 Å². The lowest BCUT2D eigenvalue weighted by atomic mass is 10.0. The number of nitrogens with two attached hydrogens (primary N) is 2. The van der Waals surface area contributed by atoms with Crippen LogP contribution in [0, 0.1) is 5.41 Å². The van der Waals surface area contributed by atoms with Gasteiger partial charge in [0.2, 0.25) is 10.0 Å². The maximum atomic E-state index is 13.5. The number of nitrogens with one attached hydrogen (secondary N) is 3. The molecule has 0 aliphatic carbocycles. The molecule has 1 heterocycles. The highest BCUT2D eigenvalue weighted by atomic mass is 32.2. The van der Waals surface area contributed by atoms with Crippen LogP contribution in [0.4, 0.5) is 16.2 Å². The van der Waals surface area contributed by atoms with Crippen LogP contribution in [0.25, 0.3) is 11.1 Å². The minimum Gasteiger partial charge on any atom is -0.384 e. The van der Waals surface area contributed by atoms with E-state index in [1.165, 1.54) is 15.8 Å². The molecular weight excluding hydrogens is 508 g/mol. The fourth-order valence-electron chi connectivity index (χ4n) is 3.74. The molecule has 0 saturated carbocycles. The number of nitrogens with zero attached hydrogens (tertiary/aromatic N) is 5. The summed E-state index contributed by atoms with van der Waals surface area (Å²) in [6.07, 6.45) is 0.326. The Morgan fingerprint density at radius 1 is 1.05 bits per heavy atom. The summed E-state index contributed by atoms with van der Waals surface area (Å²) in [6, 6.07) is 19.3. The molecule has 0 atom stereocenters. The van der Waals surface area contributed by atoms with Gasteiger partial charge in [0.05, 0.1) is 22.8 Å². The third-order valence-corrected chi connectivity index (χ3v) is 6.57. The molecule has 0 spiro atoms. The van der Waals surface area contributed by atoms with Crippen molar-refractivity contribution in [2.24, 2.45) is 17.9 Å². The number of rotatable bonds is 9. The topological polar surface area (TPSA) is 198 Å². The predicted molar refractivity (Wildman–Crippen MR) is 143 cm³/mol. The largest absolute Gasteiger partial charge is 0.384 e. The number of hydrazine groups is 1. The number of amides is 2. The SMILES string of the molecule is Cn1nnnc1CCN(Nc1cccc(C(=N)N)c1)C(=O)Nc1ccccc1-c1ccccc1S(N)(=O)=O. The number of amidine groups is 1. The molecule has 14 heteroatoms. The second-order valence-corrected chi connectivity index (χ2v) is 9.77. The Labute approximate surface area is 219 Å². The molecular formula is C24H26N10O3S. The molecule has 2 amide bonds. The molecule has 0 radical (unpaired) electrons. The Bertz CT molecular complexity index is 1590. The molecule has 4 aromatic rings. The molecule has 0 bridgehead atoms. The van der Waals surface area contributed by atoms with E-state index in [2.05, 4.69) is 26.3 Å². The van der Waals surface area contributed by atoms with Gasteiger partial charge in [-0.2, -0.15) is 0 Å². The number of primary sulfonamides is 1. The Morgan fingerprint density at radius 2 is 1.76 bits per heavy atom. The number of aromatic nitrogens is 4. The highest BCUT2D eigenvalue weighted by molar-refractivity contribution is 7.89. The number of para-hydroxylation sites is 1. The molecule has 196 valence electrons. The van der Waals surface area contributed by atoms with Crippen LogP contribution in [0.2, 0.25) is 0 Å². The quantitative estimate of drug-likeness (QED) is 0.122. The normalized spacial score (nSPS) is 11.1. The molecule has 0 aliphatic heterocycles. The average Bonchev–Trinajstić information content (AvgIpc) is 3.31. The summed E-state index contributed by atoms with van der Waals surface area (Å²) in [5.41, 5.74) is 10.9. The average molecular weight is 535 g/mol. The maximum Gasteiger partial charge on any atom is 0.340 e. The fourth-order valence-corrected chi connectivity index (χ4v) is 4.49. The molecule has 0 aliphatic rings. The van der Waals surface area contributed by atoms with Crippen LogP contribution in [0.15, 0.2) is 77.7 Å². The molecule has 38 heavy (non-hydrogen) atoms. The van der Waals surface area contributed by atoms with Crippen LogP contribution >= 0.6 is 0 Å². The lowest BCUT2D eigenvalue weighted by molar-refractivity contribution is 0.222. The van der Waals surface area contributed by atoms with E-state index in [1.54, 1.807) is 73.8 Å². The Morgan fingerprint density at radius 3 is 2.45 bits per heavy atom. The molecule has 4 rings (SSSR count). The van der Waals surface area contributed by atoms with Crippen LogP contribution in [-0.2, 0) is 23.5 Å². The third kappa shape index (κ3) is 6.11. The Kier molecular flexibility index (Phi) is 7.64. The number of urea groups is 1. The zero-order chi connectivity index (χ0) is 27.3. The Hall–Kier alpha value is -4.82. The molecule has 0 saturated heterocycles.